The molecule has 3 aliphatic heterocycles. The lowest BCUT2D eigenvalue weighted by Gasteiger charge is -2.45. The number of urea groups is 1. The van der Waals surface area contributed by atoms with Gasteiger partial charge in [-0.3, -0.25) is 4.79 Å². The number of nitrogens with zero attached hydrogens (tertiary/aromatic N) is 2. The first kappa shape index (κ1) is 20.9. The van der Waals surface area contributed by atoms with E-state index < -0.39 is 11.7 Å². The van der Waals surface area contributed by atoms with Crippen LogP contribution in [0.25, 0.3) is 0 Å². The van der Waals surface area contributed by atoms with Crippen molar-refractivity contribution < 1.29 is 32.2 Å². The van der Waals surface area contributed by atoms with Gasteiger partial charge in [-0.15, -0.1) is 0 Å². The Morgan fingerprint density at radius 3 is 2.77 bits per heavy atom. The van der Waals surface area contributed by atoms with E-state index in [-0.39, 0.29) is 49.0 Å². The van der Waals surface area contributed by atoms with Crippen LogP contribution < -0.4 is 5.32 Å². The van der Waals surface area contributed by atoms with E-state index in [1.54, 1.807) is 15.9 Å². The van der Waals surface area contributed by atoms with Crippen molar-refractivity contribution >= 4 is 11.9 Å². The summed E-state index contributed by atoms with van der Waals surface area (Å²) in [6.07, 6.45) is -4.00. The molecule has 10 heteroatoms. The van der Waals surface area contributed by atoms with Gasteiger partial charge < -0.3 is 24.6 Å². The normalized spacial score (nSPS) is 24.9. The van der Waals surface area contributed by atoms with Gasteiger partial charge in [-0.05, 0) is 30.5 Å². The molecule has 1 aromatic rings. The van der Waals surface area contributed by atoms with Crippen LogP contribution >= 0.6 is 0 Å². The molecule has 0 saturated carbocycles. The van der Waals surface area contributed by atoms with E-state index in [1.807, 2.05) is 0 Å². The second-order valence-electron chi connectivity index (χ2n) is 8.03. The van der Waals surface area contributed by atoms with E-state index in [2.05, 4.69) is 5.32 Å². The van der Waals surface area contributed by atoms with Gasteiger partial charge in [0.15, 0.2) is 0 Å². The number of rotatable bonds is 3. The van der Waals surface area contributed by atoms with Crippen LogP contribution in [0.4, 0.5) is 18.0 Å². The third-order valence-electron chi connectivity index (χ3n) is 5.81. The van der Waals surface area contributed by atoms with Gasteiger partial charge in [0.25, 0.3) is 0 Å². The van der Waals surface area contributed by atoms with Crippen LogP contribution in [-0.4, -0.2) is 72.8 Å². The minimum atomic E-state index is -4.39. The molecule has 0 spiro atoms. The quantitative estimate of drug-likeness (QED) is 0.800. The standard InChI is InChI=1S/C20H24F3N3O4/c1-12-2-3-13(6-15(12)20(21,22)23)10-29-14-7-26(8-14)19(28)25-5-4-17-16(9-25)24-18(27)11-30-17/h2-3,6,14,16-17H,4-5,7-11H2,1H3,(H,24,27)/t16?,17-/m0/s1. The number of carbonyl (C=O) groups is 2. The highest BCUT2D eigenvalue weighted by atomic mass is 19.4. The van der Waals surface area contributed by atoms with E-state index in [9.17, 15) is 22.8 Å². The van der Waals surface area contributed by atoms with Crippen LogP contribution in [0.5, 0.6) is 0 Å². The summed E-state index contributed by atoms with van der Waals surface area (Å²) in [5.74, 6) is -0.173. The second-order valence-corrected chi connectivity index (χ2v) is 8.03. The molecule has 2 atom stereocenters. The molecule has 0 aliphatic carbocycles. The third-order valence-corrected chi connectivity index (χ3v) is 5.81. The van der Waals surface area contributed by atoms with Gasteiger partial charge in [0.2, 0.25) is 5.91 Å². The SMILES string of the molecule is Cc1ccc(COC2CN(C(=O)N3CC[C@@H]4OCC(=O)NC4C3)C2)cc1C(F)(F)F. The predicted octanol–water partition coefficient (Wildman–Crippen LogP) is 1.92. The molecule has 30 heavy (non-hydrogen) atoms. The molecule has 3 heterocycles. The first-order valence-corrected chi connectivity index (χ1v) is 9.94. The molecule has 3 amide bonds. The monoisotopic (exact) mass is 427 g/mol. The smallest absolute Gasteiger partial charge is 0.370 e. The number of aryl methyl sites for hydroxylation is 1. The molecular weight excluding hydrogens is 403 g/mol. The summed E-state index contributed by atoms with van der Waals surface area (Å²) in [5.41, 5.74) is -0.0287. The minimum absolute atomic E-state index is 0.0599. The maximum Gasteiger partial charge on any atom is 0.416 e. The number of amides is 3. The Hall–Kier alpha value is -2.33. The molecule has 7 nitrogen and oxygen atoms in total. The Kier molecular flexibility index (Phi) is 5.63. The lowest BCUT2D eigenvalue weighted by atomic mass is 10.0. The average Bonchev–Trinajstić information content (AvgIpc) is 2.66. The zero-order valence-corrected chi connectivity index (χ0v) is 16.6. The molecule has 3 saturated heterocycles. The lowest BCUT2D eigenvalue weighted by Crippen LogP contribution is -2.65. The zero-order chi connectivity index (χ0) is 21.5. The van der Waals surface area contributed by atoms with E-state index in [4.69, 9.17) is 9.47 Å². The maximum absolute atomic E-state index is 13.0. The summed E-state index contributed by atoms with van der Waals surface area (Å²) in [4.78, 5) is 27.5. The Morgan fingerprint density at radius 1 is 1.27 bits per heavy atom. The largest absolute Gasteiger partial charge is 0.416 e. The first-order chi connectivity index (χ1) is 14.2. The van der Waals surface area contributed by atoms with Gasteiger partial charge in [-0.25, -0.2) is 4.79 Å². The van der Waals surface area contributed by atoms with Crippen molar-refractivity contribution in [2.45, 2.75) is 44.4 Å². The second kappa shape index (κ2) is 8.07. The van der Waals surface area contributed by atoms with Crippen molar-refractivity contribution in [1.29, 1.82) is 0 Å². The Bertz CT molecular complexity index is 826. The Labute approximate surface area is 172 Å². The fourth-order valence-corrected chi connectivity index (χ4v) is 4.05. The molecule has 3 aliphatic rings. The summed E-state index contributed by atoms with van der Waals surface area (Å²) in [7, 11) is 0. The summed E-state index contributed by atoms with van der Waals surface area (Å²) in [6, 6.07) is 3.86. The fourth-order valence-electron chi connectivity index (χ4n) is 4.05. The van der Waals surface area contributed by atoms with E-state index in [0.717, 1.165) is 6.07 Å². The number of ether oxygens (including phenoxy) is 2. The maximum atomic E-state index is 13.0. The fraction of sp³-hybridized carbons (Fsp3) is 0.600. The van der Waals surface area contributed by atoms with Gasteiger partial charge >= 0.3 is 12.2 Å². The van der Waals surface area contributed by atoms with Crippen LogP contribution in [-0.2, 0) is 27.1 Å². The molecule has 0 bridgehead atoms. The van der Waals surface area contributed by atoms with Crippen LogP contribution in [0.1, 0.15) is 23.1 Å². The van der Waals surface area contributed by atoms with Crippen molar-refractivity contribution in [3.63, 3.8) is 0 Å². The number of likely N-dealkylation sites (tertiary alicyclic amines) is 2. The summed E-state index contributed by atoms with van der Waals surface area (Å²) >= 11 is 0. The molecule has 4 rings (SSSR count). The number of halogens is 3. The lowest BCUT2D eigenvalue weighted by molar-refractivity contribution is -0.140. The van der Waals surface area contributed by atoms with E-state index >= 15 is 0 Å². The molecule has 164 valence electrons. The first-order valence-electron chi connectivity index (χ1n) is 9.94. The predicted molar refractivity (Wildman–Crippen MR) is 99.6 cm³/mol. The van der Waals surface area contributed by atoms with E-state index in [0.29, 0.717) is 38.2 Å². The molecule has 0 radical (unpaired) electrons. The van der Waals surface area contributed by atoms with Gasteiger partial charge in [0.05, 0.1) is 43.5 Å². The topological polar surface area (TPSA) is 71.1 Å². The van der Waals surface area contributed by atoms with Crippen molar-refractivity contribution in [3.05, 3.63) is 34.9 Å². The summed E-state index contributed by atoms with van der Waals surface area (Å²) in [5, 5.41) is 2.86. The Balaban J connectivity index is 1.24. The highest BCUT2D eigenvalue weighted by molar-refractivity contribution is 5.79. The summed E-state index contributed by atoms with van der Waals surface area (Å²) in [6.45, 7) is 3.30. The third kappa shape index (κ3) is 4.39. The van der Waals surface area contributed by atoms with Gasteiger partial charge in [-0.1, -0.05) is 12.1 Å². The number of fused-ring (bicyclic) bond motifs is 1. The molecule has 1 N–H and O–H groups in total. The van der Waals surface area contributed by atoms with Crippen LogP contribution in [0, 0.1) is 6.92 Å². The number of benzene rings is 1. The molecule has 0 aromatic heterocycles. The van der Waals surface area contributed by atoms with Gasteiger partial charge in [0.1, 0.15) is 6.61 Å². The van der Waals surface area contributed by atoms with E-state index in [1.165, 1.54) is 13.0 Å². The molecule has 1 aromatic carbocycles. The molecular formula is C20H24F3N3O4. The van der Waals surface area contributed by atoms with Crippen LogP contribution in [0.3, 0.4) is 0 Å². The Morgan fingerprint density at radius 2 is 2.03 bits per heavy atom. The number of carbonyl (C=O) groups excluding carboxylic acids is 2. The number of piperidine rings is 1. The summed E-state index contributed by atoms with van der Waals surface area (Å²) < 4.78 is 50.3. The zero-order valence-electron chi connectivity index (χ0n) is 16.6. The highest BCUT2D eigenvalue weighted by Crippen LogP contribution is 2.32. The number of hydrogen-bond acceptors (Lipinski definition) is 4. The van der Waals surface area contributed by atoms with Crippen molar-refractivity contribution in [2.24, 2.45) is 0 Å². The van der Waals surface area contributed by atoms with Crippen molar-refractivity contribution in [3.8, 4) is 0 Å². The highest BCUT2D eigenvalue weighted by Gasteiger charge is 2.40. The molecule has 3 fully saturated rings. The van der Waals surface area contributed by atoms with Crippen molar-refractivity contribution in [1.82, 2.24) is 15.1 Å². The van der Waals surface area contributed by atoms with Gasteiger partial charge in [-0.2, -0.15) is 13.2 Å². The van der Waals surface area contributed by atoms with Crippen LogP contribution in [0.15, 0.2) is 18.2 Å². The molecule has 1 unspecified atom stereocenters. The number of hydrogen-bond donors (Lipinski definition) is 1. The average molecular weight is 427 g/mol. The van der Waals surface area contributed by atoms with Crippen molar-refractivity contribution in [2.75, 3.05) is 32.8 Å². The van der Waals surface area contributed by atoms with Crippen LogP contribution in [0.2, 0.25) is 0 Å². The minimum Gasteiger partial charge on any atom is -0.370 e. The number of nitrogens with one attached hydrogen (secondary N) is 1. The number of morpholine rings is 1. The number of alkyl halides is 3. The van der Waals surface area contributed by atoms with Gasteiger partial charge in [0, 0.05) is 13.1 Å².